The van der Waals surface area contributed by atoms with Crippen LogP contribution >= 0.6 is 11.6 Å². The van der Waals surface area contributed by atoms with Gasteiger partial charge in [-0.3, -0.25) is 4.79 Å². The molecule has 1 saturated heterocycles. The van der Waals surface area contributed by atoms with Crippen molar-refractivity contribution in [1.29, 1.82) is 0 Å². The summed E-state index contributed by atoms with van der Waals surface area (Å²) < 4.78 is 0. The number of anilines is 1. The third-order valence-corrected chi connectivity index (χ3v) is 3.57. The number of aromatic nitrogens is 1. The number of H-pyrrole nitrogens is 1. The second-order valence-electron chi connectivity index (χ2n) is 4.39. The van der Waals surface area contributed by atoms with Crippen LogP contribution in [0.5, 0.6) is 0 Å². The largest absolute Gasteiger partial charge is 0.372 e. The molecule has 2 aromatic rings. The van der Waals surface area contributed by atoms with Gasteiger partial charge in [0.05, 0.1) is 0 Å². The quantitative estimate of drug-likeness (QED) is 0.843. The third kappa shape index (κ3) is 1.80. The summed E-state index contributed by atoms with van der Waals surface area (Å²) in [5, 5.41) is 0.915. The summed E-state index contributed by atoms with van der Waals surface area (Å²) >= 11 is 5.84. The zero-order valence-corrected chi connectivity index (χ0v) is 10.1. The molecule has 1 aromatic heterocycles. The van der Waals surface area contributed by atoms with Crippen LogP contribution in [0.3, 0.4) is 0 Å². The van der Waals surface area contributed by atoms with Gasteiger partial charge in [0.15, 0.2) is 0 Å². The van der Waals surface area contributed by atoms with Crippen LogP contribution in [0.15, 0.2) is 29.2 Å². The lowest BCUT2D eigenvalue weighted by molar-refractivity contribution is 0.949. The van der Waals surface area contributed by atoms with Gasteiger partial charge in [-0.15, -0.1) is 0 Å². The van der Waals surface area contributed by atoms with Gasteiger partial charge in [0.2, 0.25) is 5.43 Å². The zero-order chi connectivity index (χ0) is 11.8. The molecule has 17 heavy (non-hydrogen) atoms. The fourth-order valence-electron chi connectivity index (χ4n) is 2.35. The minimum atomic E-state index is -0.0959. The predicted octanol–water partition coefficient (Wildman–Crippen LogP) is 2.78. The fraction of sp³-hybridized carbons (Fsp3) is 0.308. The molecule has 1 aliphatic heterocycles. The first-order valence-corrected chi connectivity index (χ1v) is 6.19. The van der Waals surface area contributed by atoms with Crippen LogP contribution in [0.1, 0.15) is 12.8 Å². The molecule has 0 saturated carbocycles. The van der Waals surface area contributed by atoms with E-state index in [4.69, 9.17) is 11.6 Å². The van der Waals surface area contributed by atoms with Crippen LogP contribution in [-0.2, 0) is 0 Å². The molecule has 2 heterocycles. The number of nitrogens with zero attached hydrogens (tertiary/aromatic N) is 1. The van der Waals surface area contributed by atoms with Gasteiger partial charge in [-0.2, -0.15) is 0 Å². The molecule has 0 radical (unpaired) electrons. The molecule has 0 bridgehead atoms. The normalized spacial score (nSPS) is 15.7. The Labute approximate surface area is 104 Å². The molecule has 0 atom stereocenters. The van der Waals surface area contributed by atoms with Crippen molar-refractivity contribution < 1.29 is 0 Å². The van der Waals surface area contributed by atoms with E-state index in [1.165, 1.54) is 12.8 Å². The average Bonchev–Trinajstić information content (AvgIpc) is 2.87. The number of halogens is 1. The topological polar surface area (TPSA) is 36.1 Å². The van der Waals surface area contributed by atoms with Gasteiger partial charge in [0.1, 0.15) is 5.02 Å². The number of fused-ring (bicyclic) bond motifs is 1. The van der Waals surface area contributed by atoms with Gasteiger partial charge in [-0.25, -0.2) is 0 Å². The van der Waals surface area contributed by atoms with Gasteiger partial charge in [-0.05, 0) is 31.0 Å². The van der Waals surface area contributed by atoms with Crippen molar-refractivity contribution in [2.45, 2.75) is 12.8 Å². The summed E-state index contributed by atoms with van der Waals surface area (Å²) in [5.41, 5.74) is 1.85. The summed E-state index contributed by atoms with van der Waals surface area (Å²) in [5.74, 6) is 0. The van der Waals surface area contributed by atoms with E-state index in [0.717, 1.165) is 24.3 Å². The third-order valence-electron chi connectivity index (χ3n) is 3.29. The lowest BCUT2D eigenvalue weighted by atomic mass is 10.2. The van der Waals surface area contributed by atoms with Crippen molar-refractivity contribution in [3.05, 3.63) is 39.6 Å². The summed E-state index contributed by atoms with van der Waals surface area (Å²) in [7, 11) is 0. The standard InChI is InChI=1S/C13H13ClN2O/c14-11-8-15-12-4-3-9(7-10(12)13(11)17)16-5-1-2-6-16/h3-4,7-8H,1-2,5-6H2,(H,15,17). The summed E-state index contributed by atoms with van der Waals surface area (Å²) in [6, 6.07) is 5.93. The Morgan fingerprint density at radius 2 is 2.00 bits per heavy atom. The van der Waals surface area contributed by atoms with Crippen molar-refractivity contribution >= 4 is 28.2 Å². The molecule has 3 rings (SSSR count). The Morgan fingerprint density at radius 3 is 2.76 bits per heavy atom. The zero-order valence-electron chi connectivity index (χ0n) is 9.37. The number of hydrogen-bond donors (Lipinski definition) is 1. The second-order valence-corrected chi connectivity index (χ2v) is 4.80. The van der Waals surface area contributed by atoms with Gasteiger partial charge in [0.25, 0.3) is 0 Å². The van der Waals surface area contributed by atoms with E-state index >= 15 is 0 Å². The number of rotatable bonds is 1. The maximum absolute atomic E-state index is 11.9. The molecule has 1 N–H and O–H groups in total. The van der Waals surface area contributed by atoms with Gasteiger partial charge < -0.3 is 9.88 Å². The van der Waals surface area contributed by atoms with E-state index in [1.54, 1.807) is 6.20 Å². The summed E-state index contributed by atoms with van der Waals surface area (Å²) in [4.78, 5) is 17.3. The number of benzene rings is 1. The Kier molecular flexibility index (Phi) is 2.56. The monoisotopic (exact) mass is 248 g/mol. The molecule has 0 aliphatic carbocycles. The van der Waals surface area contributed by atoms with E-state index in [0.29, 0.717) is 5.39 Å². The predicted molar refractivity (Wildman–Crippen MR) is 71.0 cm³/mol. The molecule has 1 fully saturated rings. The van der Waals surface area contributed by atoms with E-state index < -0.39 is 0 Å². The molecule has 1 aliphatic rings. The summed E-state index contributed by atoms with van der Waals surface area (Å²) in [6.07, 6.45) is 4.00. The van der Waals surface area contributed by atoms with Crippen LogP contribution in [0.25, 0.3) is 10.9 Å². The van der Waals surface area contributed by atoms with Crippen LogP contribution in [0.2, 0.25) is 5.02 Å². The highest BCUT2D eigenvalue weighted by Gasteiger charge is 2.13. The first-order valence-electron chi connectivity index (χ1n) is 5.81. The van der Waals surface area contributed by atoms with Crippen molar-refractivity contribution in [3.63, 3.8) is 0 Å². The molecular weight excluding hydrogens is 236 g/mol. The molecule has 3 nitrogen and oxygen atoms in total. The molecule has 1 aromatic carbocycles. The molecule has 0 amide bonds. The number of pyridine rings is 1. The molecule has 0 unspecified atom stereocenters. The van der Waals surface area contributed by atoms with Crippen molar-refractivity contribution in [1.82, 2.24) is 4.98 Å². The number of aromatic amines is 1. The maximum Gasteiger partial charge on any atom is 0.208 e. The van der Waals surface area contributed by atoms with Crippen LogP contribution < -0.4 is 10.3 Å². The lowest BCUT2D eigenvalue weighted by Crippen LogP contribution is -2.17. The smallest absolute Gasteiger partial charge is 0.208 e. The van der Waals surface area contributed by atoms with Crippen LogP contribution in [-0.4, -0.2) is 18.1 Å². The highest BCUT2D eigenvalue weighted by Crippen LogP contribution is 2.23. The maximum atomic E-state index is 11.9. The van der Waals surface area contributed by atoms with E-state index in [2.05, 4.69) is 16.0 Å². The average molecular weight is 249 g/mol. The fourth-order valence-corrected chi connectivity index (χ4v) is 2.51. The molecule has 88 valence electrons. The van der Waals surface area contributed by atoms with Gasteiger partial charge in [0, 0.05) is 35.9 Å². The van der Waals surface area contributed by atoms with E-state index in [9.17, 15) is 4.79 Å². The van der Waals surface area contributed by atoms with Crippen molar-refractivity contribution in [2.24, 2.45) is 0 Å². The Bertz CT molecular complexity index is 614. The Hall–Kier alpha value is -1.48. The van der Waals surface area contributed by atoms with E-state index in [1.807, 2.05) is 12.1 Å². The Morgan fingerprint density at radius 1 is 1.24 bits per heavy atom. The van der Waals surface area contributed by atoms with Gasteiger partial charge in [-0.1, -0.05) is 11.6 Å². The molecule has 0 spiro atoms. The second kappa shape index (κ2) is 4.08. The minimum Gasteiger partial charge on any atom is -0.372 e. The number of nitrogens with one attached hydrogen (secondary N) is 1. The lowest BCUT2D eigenvalue weighted by Gasteiger charge is -2.17. The SMILES string of the molecule is O=c1c(Cl)c[nH]c2ccc(N3CCCC3)cc12. The minimum absolute atomic E-state index is 0.0959. The molecular formula is C13H13ClN2O. The molecule has 4 heteroatoms. The van der Waals surface area contributed by atoms with Crippen LogP contribution in [0, 0.1) is 0 Å². The first-order chi connectivity index (χ1) is 8.25. The van der Waals surface area contributed by atoms with Crippen molar-refractivity contribution in [3.8, 4) is 0 Å². The number of hydrogen-bond acceptors (Lipinski definition) is 2. The van der Waals surface area contributed by atoms with Crippen molar-refractivity contribution in [2.75, 3.05) is 18.0 Å². The van der Waals surface area contributed by atoms with E-state index in [-0.39, 0.29) is 10.5 Å². The highest BCUT2D eigenvalue weighted by molar-refractivity contribution is 6.31. The highest BCUT2D eigenvalue weighted by atomic mass is 35.5. The first kappa shape index (κ1) is 10.7. The van der Waals surface area contributed by atoms with Crippen LogP contribution in [0.4, 0.5) is 5.69 Å². The van der Waals surface area contributed by atoms with Gasteiger partial charge >= 0.3 is 0 Å². The Balaban J connectivity index is 2.17. The summed E-state index contributed by atoms with van der Waals surface area (Å²) in [6.45, 7) is 2.15.